The molecular formula is C22H25N3O3. The Morgan fingerprint density at radius 2 is 1.75 bits per heavy atom. The quantitative estimate of drug-likeness (QED) is 0.887. The summed E-state index contributed by atoms with van der Waals surface area (Å²) in [7, 11) is 0. The van der Waals surface area contributed by atoms with E-state index in [1.807, 2.05) is 72.2 Å². The molecule has 2 aliphatic rings. The second-order valence-corrected chi connectivity index (χ2v) is 7.42. The first-order valence-electron chi connectivity index (χ1n) is 9.71. The Kier molecular flexibility index (Phi) is 5.05. The van der Waals surface area contributed by atoms with E-state index in [9.17, 15) is 9.59 Å². The van der Waals surface area contributed by atoms with Crippen LogP contribution in [0.1, 0.15) is 46.3 Å². The van der Waals surface area contributed by atoms with Gasteiger partial charge in [-0.05, 0) is 44.2 Å². The SMILES string of the molecule is CC(C)N1C(=O)c2ccccc2C1Nc1ccc(C(=O)N2CCOCC2)cc1. The van der Waals surface area contributed by atoms with Gasteiger partial charge in [-0.25, -0.2) is 0 Å². The second kappa shape index (κ2) is 7.64. The molecule has 1 fully saturated rings. The van der Waals surface area contributed by atoms with Crippen molar-refractivity contribution in [3.8, 4) is 0 Å². The molecule has 2 aromatic carbocycles. The molecule has 1 saturated heterocycles. The van der Waals surface area contributed by atoms with Gasteiger partial charge in [0.05, 0.1) is 13.2 Å². The number of fused-ring (bicyclic) bond motifs is 1. The van der Waals surface area contributed by atoms with Crippen molar-refractivity contribution in [1.29, 1.82) is 0 Å². The van der Waals surface area contributed by atoms with Crippen LogP contribution in [0.3, 0.4) is 0 Å². The molecule has 0 saturated carbocycles. The fraction of sp³-hybridized carbons (Fsp3) is 0.364. The van der Waals surface area contributed by atoms with Crippen LogP contribution in [0.4, 0.5) is 5.69 Å². The number of nitrogens with zero attached hydrogens (tertiary/aromatic N) is 2. The molecule has 2 heterocycles. The summed E-state index contributed by atoms with van der Waals surface area (Å²) in [5.74, 6) is 0.0715. The van der Waals surface area contributed by atoms with Gasteiger partial charge >= 0.3 is 0 Å². The minimum atomic E-state index is -0.218. The lowest BCUT2D eigenvalue weighted by molar-refractivity contribution is 0.0303. The van der Waals surface area contributed by atoms with Gasteiger partial charge in [-0.2, -0.15) is 0 Å². The molecule has 1 atom stereocenters. The zero-order valence-electron chi connectivity index (χ0n) is 16.2. The van der Waals surface area contributed by atoms with Crippen LogP contribution in [-0.2, 0) is 4.74 Å². The van der Waals surface area contributed by atoms with Crippen LogP contribution < -0.4 is 5.32 Å². The molecule has 146 valence electrons. The number of benzene rings is 2. The van der Waals surface area contributed by atoms with E-state index in [1.165, 1.54) is 0 Å². The molecule has 6 nitrogen and oxygen atoms in total. The first-order valence-corrected chi connectivity index (χ1v) is 9.71. The topological polar surface area (TPSA) is 61.9 Å². The van der Waals surface area contributed by atoms with Crippen molar-refractivity contribution >= 4 is 17.5 Å². The Morgan fingerprint density at radius 1 is 1.07 bits per heavy atom. The summed E-state index contributed by atoms with van der Waals surface area (Å²) in [6, 6.07) is 15.3. The van der Waals surface area contributed by atoms with Crippen molar-refractivity contribution in [3.05, 3.63) is 65.2 Å². The molecular weight excluding hydrogens is 354 g/mol. The maximum atomic E-state index is 12.8. The second-order valence-electron chi connectivity index (χ2n) is 7.42. The van der Waals surface area contributed by atoms with Crippen molar-refractivity contribution < 1.29 is 14.3 Å². The highest BCUT2D eigenvalue weighted by atomic mass is 16.5. The van der Waals surface area contributed by atoms with Gasteiger partial charge in [-0.3, -0.25) is 9.59 Å². The van der Waals surface area contributed by atoms with E-state index >= 15 is 0 Å². The number of morpholine rings is 1. The molecule has 1 unspecified atom stereocenters. The van der Waals surface area contributed by atoms with Gasteiger partial charge in [0.25, 0.3) is 11.8 Å². The zero-order valence-corrected chi connectivity index (χ0v) is 16.2. The Balaban J connectivity index is 1.53. The summed E-state index contributed by atoms with van der Waals surface area (Å²) in [4.78, 5) is 29.1. The lowest BCUT2D eigenvalue weighted by atomic mass is 10.1. The number of nitrogens with one attached hydrogen (secondary N) is 1. The number of anilines is 1. The van der Waals surface area contributed by atoms with Gasteiger partial charge in [0, 0.05) is 41.5 Å². The summed E-state index contributed by atoms with van der Waals surface area (Å²) in [5, 5.41) is 3.46. The molecule has 0 aliphatic carbocycles. The first-order chi connectivity index (χ1) is 13.6. The molecule has 0 aromatic heterocycles. The number of ether oxygens (including phenoxy) is 1. The van der Waals surface area contributed by atoms with Crippen molar-refractivity contribution in [2.45, 2.75) is 26.1 Å². The van der Waals surface area contributed by atoms with Gasteiger partial charge in [0.1, 0.15) is 6.17 Å². The van der Waals surface area contributed by atoms with E-state index in [-0.39, 0.29) is 24.0 Å². The standard InChI is InChI=1S/C22H25N3O3/c1-15(2)25-20(18-5-3-4-6-19(18)22(25)27)23-17-9-7-16(8-10-17)21(26)24-11-13-28-14-12-24/h3-10,15,20,23H,11-14H2,1-2H3. The summed E-state index contributed by atoms with van der Waals surface area (Å²) in [6.07, 6.45) is -0.218. The van der Waals surface area contributed by atoms with Crippen molar-refractivity contribution in [3.63, 3.8) is 0 Å². The van der Waals surface area contributed by atoms with E-state index < -0.39 is 0 Å². The number of amides is 2. The maximum Gasteiger partial charge on any atom is 0.256 e. The monoisotopic (exact) mass is 379 g/mol. The Labute approximate surface area is 165 Å². The third-order valence-electron chi connectivity index (χ3n) is 5.29. The smallest absolute Gasteiger partial charge is 0.256 e. The zero-order chi connectivity index (χ0) is 19.7. The van der Waals surface area contributed by atoms with Crippen molar-refractivity contribution in [2.75, 3.05) is 31.6 Å². The van der Waals surface area contributed by atoms with E-state index in [2.05, 4.69) is 5.32 Å². The summed E-state index contributed by atoms with van der Waals surface area (Å²) in [5.41, 5.74) is 3.26. The van der Waals surface area contributed by atoms with Crippen LogP contribution in [0.5, 0.6) is 0 Å². The van der Waals surface area contributed by atoms with Gasteiger partial charge < -0.3 is 19.9 Å². The Hall–Kier alpha value is -2.86. The highest BCUT2D eigenvalue weighted by molar-refractivity contribution is 5.99. The van der Waals surface area contributed by atoms with Crippen LogP contribution >= 0.6 is 0 Å². The normalized spacial score (nSPS) is 19.1. The lowest BCUT2D eigenvalue weighted by Crippen LogP contribution is -2.40. The number of rotatable bonds is 4. The third-order valence-corrected chi connectivity index (χ3v) is 5.29. The Morgan fingerprint density at radius 3 is 2.43 bits per heavy atom. The third kappa shape index (κ3) is 3.36. The molecule has 0 radical (unpaired) electrons. The Bertz CT molecular complexity index is 873. The molecule has 0 bridgehead atoms. The average Bonchev–Trinajstić information content (AvgIpc) is 3.01. The summed E-state index contributed by atoms with van der Waals surface area (Å²) in [6.45, 7) is 6.47. The van der Waals surface area contributed by atoms with Gasteiger partial charge in [-0.1, -0.05) is 18.2 Å². The molecule has 4 rings (SSSR count). The highest BCUT2D eigenvalue weighted by Crippen LogP contribution is 2.35. The molecule has 2 amide bonds. The summed E-state index contributed by atoms with van der Waals surface area (Å²) >= 11 is 0. The van der Waals surface area contributed by atoms with Crippen molar-refractivity contribution in [2.24, 2.45) is 0 Å². The van der Waals surface area contributed by atoms with Crippen LogP contribution in [0.25, 0.3) is 0 Å². The molecule has 0 spiro atoms. The van der Waals surface area contributed by atoms with E-state index in [0.717, 1.165) is 16.8 Å². The number of hydrogen-bond donors (Lipinski definition) is 1. The fourth-order valence-corrected chi connectivity index (χ4v) is 3.83. The average molecular weight is 379 g/mol. The predicted molar refractivity (Wildman–Crippen MR) is 107 cm³/mol. The fourth-order valence-electron chi connectivity index (χ4n) is 3.83. The van der Waals surface area contributed by atoms with E-state index in [1.54, 1.807) is 0 Å². The maximum absolute atomic E-state index is 12.8. The lowest BCUT2D eigenvalue weighted by Gasteiger charge is -2.30. The minimum absolute atomic E-state index is 0.0278. The van der Waals surface area contributed by atoms with E-state index in [4.69, 9.17) is 4.74 Å². The molecule has 2 aliphatic heterocycles. The van der Waals surface area contributed by atoms with Crippen LogP contribution in [-0.4, -0.2) is 54.0 Å². The first kappa shape index (κ1) is 18.5. The molecule has 1 N–H and O–H groups in total. The predicted octanol–water partition coefficient (Wildman–Crippen LogP) is 3.13. The van der Waals surface area contributed by atoms with Gasteiger partial charge in [-0.15, -0.1) is 0 Å². The van der Waals surface area contributed by atoms with Gasteiger partial charge in [0.15, 0.2) is 0 Å². The number of carbonyl (C=O) groups excluding carboxylic acids is 2. The minimum Gasteiger partial charge on any atom is -0.378 e. The molecule has 2 aromatic rings. The largest absolute Gasteiger partial charge is 0.378 e. The van der Waals surface area contributed by atoms with Crippen LogP contribution in [0.2, 0.25) is 0 Å². The highest BCUT2D eigenvalue weighted by Gasteiger charge is 2.37. The molecule has 28 heavy (non-hydrogen) atoms. The number of carbonyl (C=O) groups is 2. The van der Waals surface area contributed by atoms with Crippen molar-refractivity contribution in [1.82, 2.24) is 9.80 Å². The number of hydrogen-bond acceptors (Lipinski definition) is 4. The van der Waals surface area contributed by atoms with E-state index in [0.29, 0.717) is 31.9 Å². The summed E-state index contributed by atoms with van der Waals surface area (Å²) < 4.78 is 5.31. The van der Waals surface area contributed by atoms with Gasteiger partial charge in [0.2, 0.25) is 0 Å². The van der Waals surface area contributed by atoms with Crippen LogP contribution in [0.15, 0.2) is 48.5 Å². The van der Waals surface area contributed by atoms with Crippen LogP contribution in [0, 0.1) is 0 Å². The molecule has 6 heteroatoms.